The highest BCUT2D eigenvalue weighted by molar-refractivity contribution is 7.80. The molecule has 0 saturated heterocycles. The maximum absolute atomic E-state index is 14.2. The van der Waals surface area contributed by atoms with Crippen molar-refractivity contribution in [3.63, 3.8) is 0 Å². The highest BCUT2D eigenvalue weighted by Gasteiger charge is 2.42. The standard InChI is InChI=1S/C25H19ClF3N5OS2/c1-13-19(31-23(35)20-12-37-34-33-20)10-9-18(22(13)32-24(30)36)15-3-2-4-16(11-15)21(25(27,28)29)14-5-7-17(26)8-6-14/h2-12,21H,1H3,(H,31,35)(H3,30,32,36). The quantitative estimate of drug-likeness (QED) is 0.225. The fourth-order valence-corrected chi connectivity index (χ4v) is 4.60. The molecule has 6 nitrogen and oxygen atoms in total. The van der Waals surface area contributed by atoms with Gasteiger partial charge in [-0.1, -0.05) is 58.6 Å². The van der Waals surface area contributed by atoms with E-state index in [0.717, 1.165) is 11.5 Å². The number of amides is 1. The Kier molecular flexibility index (Phi) is 7.76. The lowest BCUT2D eigenvalue weighted by Gasteiger charge is -2.23. The van der Waals surface area contributed by atoms with Crippen LogP contribution in [0.2, 0.25) is 5.02 Å². The first-order valence-electron chi connectivity index (χ1n) is 10.8. The maximum Gasteiger partial charge on any atom is 0.399 e. The Hall–Kier alpha value is -3.54. The fourth-order valence-electron chi connectivity index (χ4n) is 3.93. The molecule has 3 aromatic carbocycles. The Morgan fingerprint density at radius 3 is 2.43 bits per heavy atom. The molecule has 0 radical (unpaired) electrons. The van der Waals surface area contributed by atoms with E-state index in [0.29, 0.717) is 33.1 Å². The van der Waals surface area contributed by atoms with Crippen LogP contribution in [-0.2, 0) is 0 Å². The van der Waals surface area contributed by atoms with E-state index < -0.39 is 18.0 Å². The summed E-state index contributed by atoms with van der Waals surface area (Å²) in [6.45, 7) is 1.73. The minimum Gasteiger partial charge on any atom is -0.376 e. The van der Waals surface area contributed by atoms with E-state index in [4.69, 9.17) is 29.6 Å². The van der Waals surface area contributed by atoms with Crippen molar-refractivity contribution in [1.29, 1.82) is 0 Å². The van der Waals surface area contributed by atoms with Gasteiger partial charge in [-0.25, -0.2) is 0 Å². The van der Waals surface area contributed by atoms with E-state index in [9.17, 15) is 18.0 Å². The number of carbonyl (C=O) groups is 1. The van der Waals surface area contributed by atoms with E-state index >= 15 is 0 Å². The van der Waals surface area contributed by atoms with Crippen molar-refractivity contribution in [1.82, 2.24) is 9.59 Å². The molecule has 0 aliphatic rings. The van der Waals surface area contributed by atoms with Crippen LogP contribution in [0.3, 0.4) is 0 Å². The molecule has 0 spiro atoms. The average molecular weight is 562 g/mol. The minimum atomic E-state index is -4.54. The van der Waals surface area contributed by atoms with Crippen molar-refractivity contribution in [2.24, 2.45) is 5.73 Å². The largest absolute Gasteiger partial charge is 0.399 e. The number of alkyl halides is 3. The molecule has 4 N–H and O–H groups in total. The van der Waals surface area contributed by atoms with Crippen LogP contribution < -0.4 is 16.4 Å². The first kappa shape index (κ1) is 26.5. The van der Waals surface area contributed by atoms with Gasteiger partial charge >= 0.3 is 6.18 Å². The van der Waals surface area contributed by atoms with Gasteiger partial charge in [-0.15, -0.1) is 5.10 Å². The van der Waals surface area contributed by atoms with E-state index in [1.807, 2.05) is 0 Å². The number of aromatic nitrogens is 2. The molecule has 0 aliphatic carbocycles. The summed E-state index contributed by atoms with van der Waals surface area (Å²) in [4.78, 5) is 12.5. The van der Waals surface area contributed by atoms with Crippen LogP contribution >= 0.6 is 35.4 Å². The van der Waals surface area contributed by atoms with Gasteiger partial charge in [0, 0.05) is 21.7 Å². The number of halogens is 4. The van der Waals surface area contributed by atoms with Crippen LogP contribution in [-0.4, -0.2) is 26.8 Å². The van der Waals surface area contributed by atoms with Crippen molar-refractivity contribution in [2.45, 2.75) is 19.0 Å². The zero-order valence-electron chi connectivity index (χ0n) is 19.1. The fraction of sp³-hybridized carbons (Fsp3) is 0.120. The van der Waals surface area contributed by atoms with Crippen LogP contribution in [0.25, 0.3) is 11.1 Å². The lowest BCUT2D eigenvalue weighted by molar-refractivity contribution is -0.141. The molecule has 1 amide bonds. The number of hydrogen-bond donors (Lipinski definition) is 3. The summed E-state index contributed by atoms with van der Waals surface area (Å²) >= 11 is 12.0. The van der Waals surface area contributed by atoms with Gasteiger partial charge in [0.25, 0.3) is 5.91 Å². The Labute approximate surface area is 224 Å². The van der Waals surface area contributed by atoms with Gasteiger partial charge in [-0.05, 0) is 71.1 Å². The molecule has 1 atom stereocenters. The molecular weight excluding hydrogens is 543 g/mol. The van der Waals surface area contributed by atoms with Gasteiger partial charge in [0.15, 0.2) is 10.8 Å². The SMILES string of the molecule is Cc1c(NC(=O)c2csnn2)ccc(-c2cccc(C(c3ccc(Cl)cc3)C(F)(F)F)c2)c1NC(N)=S. The summed E-state index contributed by atoms with van der Waals surface area (Å²) in [6, 6.07) is 15.1. The van der Waals surface area contributed by atoms with Gasteiger partial charge < -0.3 is 16.4 Å². The zero-order chi connectivity index (χ0) is 26.7. The third kappa shape index (κ3) is 6.07. The summed E-state index contributed by atoms with van der Waals surface area (Å²) in [5, 5.41) is 11.2. The lowest BCUT2D eigenvalue weighted by Crippen LogP contribution is -2.22. The van der Waals surface area contributed by atoms with Crippen LogP contribution in [0.5, 0.6) is 0 Å². The number of nitrogens with two attached hydrogens (primary N) is 1. The molecule has 1 unspecified atom stereocenters. The van der Waals surface area contributed by atoms with Gasteiger partial charge in [0.2, 0.25) is 0 Å². The molecule has 190 valence electrons. The van der Waals surface area contributed by atoms with Crippen molar-refractivity contribution in [2.75, 3.05) is 10.6 Å². The summed E-state index contributed by atoms with van der Waals surface area (Å²) in [6.07, 6.45) is -4.54. The predicted octanol–water partition coefficient (Wildman–Crippen LogP) is 6.77. The molecule has 0 bridgehead atoms. The summed E-state index contributed by atoms with van der Waals surface area (Å²) in [5.74, 6) is -2.31. The second-order valence-electron chi connectivity index (χ2n) is 8.05. The molecule has 4 rings (SSSR count). The number of nitrogens with one attached hydrogen (secondary N) is 2. The Balaban J connectivity index is 1.78. The Morgan fingerprint density at radius 1 is 1.08 bits per heavy atom. The number of benzene rings is 3. The van der Waals surface area contributed by atoms with Gasteiger partial charge in [-0.3, -0.25) is 4.79 Å². The van der Waals surface area contributed by atoms with Crippen molar-refractivity contribution >= 4 is 57.7 Å². The van der Waals surface area contributed by atoms with Crippen molar-refractivity contribution in [3.8, 4) is 11.1 Å². The lowest BCUT2D eigenvalue weighted by atomic mass is 9.88. The first-order valence-corrected chi connectivity index (χ1v) is 12.4. The number of thiocarbonyl (C=S) groups is 1. The van der Waals surface area contributed by atoms with Crippen LogP contribution in [0.1, 0.15) is 33.1 Å². The van der Waals surface area contributed by atoms with Crippen LogP contribution in [0, 0.1) is 6.92 Å². The third-order valence-electron chi connectivity index (χ3n) is 5.62. The smallest absolute Gasteiger partial charge is 0.376 e. The van der Waals surface area contributed by atoms with Gasteiger partial charge in [0.05, 0.1) is 5.69 Å². The van der Waals surface area contributed by atoms with E-state index in [1.165, 1.54) is 41.8 Å². The van der Waals surface area contributed by atoms with Crippen LogP contribution in [0.15, 0.2) is 66.0 Å². The molecule has 1 aromatic heterocycles. The monoisotopic (exact) mass is 561 g/mol. The van der Waals surface area contributed by atoms with Crippen LogP contribution in [0.4, 0.5) is 24.5 Å². The van der Waals surface area contributed by atoms with Gasteiger partial charge in [-0.2, -0.15) is 13.2 Å². The second kappa shape index (κ2) is 10.8. The Bertz CT molecular complexity index is 1440. The summed E-state index contributed by atoms with van der Waals surface area (Å²) in [5.41, 5.74) is 8.57. The van der Waals surface area contributed by atoms with Crippen molar-refractivity contribution < 1.29 is 18.0 Å². The zero-order valence-corrected chi connectivity index (χ0v) is 21.5. The molecule has 37 heavy (non-hydrogen) atoms. The minimum absolute atomic E-state index is 0.0398. The number of hydrogen-bond acceptors (Lipinski definition) is 5. The average Bonchev–Trinajstić information content (AvgIpc) is 3.37. The molecule has 0 saturated carbocycles. The molecule has 0 fully saturated rings. The molecule has 4 aromatic rings. The molecule has 0 aliphatic heterocycles. The third-order valence-corrected chi connectivity index (χ3v) is 6.47. The predicted molar refractivity (Wildman–Crippen MR) is 144 cm³/mol. The highest BCUT2D eigenvalue weighted by atomic mass is 35.5. The first-order chi connectivity index (χ1) is 17.5. The second-order valence-corrected chi connectivity index (χ2v) is 9.53. The Morgan fingerprint density at radius 2 is 1.81 bits per heavy atom. The van der Waals surface area contributed by atoms with E-state index in [1.54, 1.807) is 31.2 Å². The van der Waals surface area contributed by atoms with Gasteiger partial charge in [0.1, 0.15) is 5.92 Å². The highest BCUT2D eigenvalue weighted by Crippen LogP contribution is 2.42. The molecule has 1 heterocycles. The van der Waals surface area contributed by atoms with E-state index in [2.05, 4.69) is 20.2 Å². The molecule has 12 heteroatoms. The topological polar surface area (TPSA) is 92.9 Å². The molecular formula is C25H19ClF3N5OS2. The number of rotatable bonds is 6. The normalized spacial score (nSPS) is 12.1. The number of carbonyl (C=O) groups excluding carboxylic acids is 1. The van der Waals surface area contributed by atoms with E-state index in [-0.39, 0.29) is 21.9 Å². The number of anilines is 2. The van der Waals surface area contributed by atoms with Crippen molar-refractivity contribution in [3.05, 3.63) is 93.5 Å². The summed E-state index contributed by atoms with van der Waals surface area (Å²) < 4.78 is 46.3. The summed E-state index contributed by atoms with van der Waals surface area (Å²) in [7, 11) is 0. The number of nitrogens with zero attached hydrogens (tertiary/aromatic N) is 2. The maximum atomic E-state index is 14.2.